The van der Waals surface area contributed by atoms with Crippen LogP contribution in [0.25, 0.3) is 0 Å². The van der Waals surface area contributed by atoms with Crippen LogP contribution < -0.4 is 5.32 Å². The van der Waals surface area contributed by atoms with Gasteiger partial charge in [0, 0.05) is 10.6 Å². The van der Waals surface area contributed by atoms with Crippen molar-refractivity contribution in [2.45, 2.75) is 26.8 Å². The molecule has 1 atom stereocenters. The summed E-state index contributed by atoms with van der Waals surface area (Å²) in [5.74, 6) is -0.853. The van der Waals surface area contributed by atoms with Crippen molar-refractivity contribution in [3.63, 3.8) is 0 Å². The predicted molar refractivity (Wildman–Crippen MR) is 74.3 cm³/mol. The van der Waals surface area contributed by atoms with Crippen LogP contribution in [0.4, 0.5) is 0 Å². The fourth-order valence-corrected chi connectivity index (χ4v) is 2.01. The highest BCUT2D eigenvalue weighted by Crippen LogP contribution is 2.15. The van der Waals surface area contributed by atoms with Crippen molar-refractivity contribution in [3.05, 3.63) is 34.3 Å². The fraction of sp³-hybridized carbons (Fsp3) is 0.429. The molecule has 0 radical (unpaired) electrons. The molecule has 0 spiro atoms. The van der Waals surface area contributed by atoms with Crippen LogP contribution in [0.5, 0.6) is 0 Å². The molecule has 0 aliphatic rings. The SMILES string of the molecule is COC(=O)C(NC(=O)c1cc(C)cc(Cl)c1)C(C)C. The van der Waals surface area contributed by atoms with Gasteiger partial charge in [-0.2, -0.15) is 0 Å². The molecule has 1 unspecified atom stereocenters. The first kappa shape index (κ1) is 15.5. The number of halogens is 1. The zero-order valence-corrected chi connectivity index (χ0v) is 12.2. The molecule has 0 saturated heterocycles. The average Bonchev–Trinajstić information content (AvgIpc) is 2.33. The zero-order chi connectivity index (χ0) is 14.6. The van der Waals surface area contributed by atoms with Crippen LogP contribution in [0.15, 0.2) is 18.2 Å². The molecule has 0 heterocycles. The van der Waals surface area contributed by atoms with Crippen molar-refractivity contribution in [1.82, 2.24) is 5.32 Å². The Hall–Kier alpha value is -1.55. The third kappa shape index (κ3) is 4.24. The van der Waals surface area contributed by atoms with E-state index in [1.807, 2.05) is 20.8 Å². The van der Waals surface area contributed by atoms with Gasteiger partial charge in [-0.25, -0.2) is 4.79 Å². The number of aryl methyl sites for hydroxylation is 1. The van der Waals surface area contributed by atoms with Crippen LogP contribution in [-0.4, -0.2) is 25.0 Å². The first-order chi connectivity index (χ1) is 8.85. The van der Waals surface area contributed by atoms with E-state index < -0.39 is 12.0 Å². The molecule has 1 aromatic rings. The van der Waals surface area contributed by atoms with Crippen molar-refractivity contribution >= 4 is 23.5 Å². The first-order valence-corrected chi connectivity index (χ1v) is 6.39. The van der Waals surface area contributed by atoms with Crippen LogP contribution in [0, 0.1) is 12.8 Å². The molecule has 0 aliphatic carbocycles. The number of hydrogen-bond donors (Lipinski definition) is 1. The lowest BCUT2D eigenvalue weighted by Gasteiger charge is -2.19. The van der Waals surface area contributed by atoms with E-state index in [1.54, 1.807) is 18.2 Å². The number of methoxy groups -OCH3 is 1. The Labute approximate surface area is 118 Å². The number of rotatable bonds is 4. The molecule has 0 aromatic heterocycles. The Kier molecular flexibility index (Phi) is 5.36. The summed E-state index contributed by atoms with van der Waals surface area (Å²) in [6.45, 7) is 5.53. The quantitative estimate of drug-likeness (QED) is 0.864. The number of esters is 1. The molecule has 0 saturated carbocycles. The lowest BCUT2D eigenvalue weighted by atomic mass is 10.0. The van der Waals surface area contributed by atoms with E-state index >= 15 is 0 Å². The lowest BCUT2D eigenvalue weighted by molar-refractivity contribution is -0.144. The van der Waals surface area contributed by atoms with E-state index in [0.717, 1.165) is 5.56 Å². The second-order valence-corrected chi connectivity index (χ2v) is 5.17. The van der Waals surface area contributed by atoms with Gasteiger partial charge in [-0.15, -0.1) is 0 Å². The molecule has 1 rings (SSSR count). The number of carbonyl (C=O) groups is 2. The minimum absolute atomic E-state index is 0.0586. The van der Waals surface area contributed by atoms with E-state index in [-0.39, 0.29) is 11.8 Å². The number of amides is 1. The van der Waals surface area contributed by atoms with Crippen LogP contribution >= 0.6 is 11.6 Å². The zero-order valence-electron chi connectivity index (χ0n) is 11.5. The number of benzene rings is 1. The average molecular weight is 284 g/mol. The summed E-state index contributed by atoms with van der Waals surface area (Å²) in [7, 11) is 1.30. The van der Waals surface area contributed by atoms with Crippen LogP contribution in [0.2, 0.25) is 5.02 Å². The van der Waals surface area contributed by atoms with Gasteiger partial charge in [-0.05, 0) is 36.6 Å². The highest BCUT2D eigenvalue weighted by Gasteiger charge is 2.25. The highest BCUT2D eigenvalue weighted by atomic mass is 35.5. The Morgan fingerprint density at radius 3 is 2.37 bits per heavy atom. The smallest absolute Gasteiger partial charge is 0.328 e. The van der Waals surface area contributed by atoms with Gasteiger partial charge < -0.3 is 10.1 Å². The summed E-state index contributed by atoms with van der Waals surface area (Å²) in [6.07, 6.45) is 0. The molecular weight excluding hydrogens is 266 g/mol. The van der Waals surface area contributed by atoms with E-state index in [4.69, 9.17) is 11.6 Å². The van der Waals surface area contributed by atoms with Crippen molar-refractivity contribution < 1.29 is 14.3 Å². The number of ether oxygens (including phenoxy) is 1. The molecule has 0 aliphatic heterocycles. The second kappa shape index (κ2) is 6.57. The lowest BCUT2D eigenvalue weighted by Crippen LogP contribution is -2.45. The van der Waals surface area contributed by atoms with Gasteiger partial charge in [0.25, 0.3) is 5.91 Å². The number of carbonyl (C=O) groups excluding carboxylic acids is 2. The Morgan fingerprint density at radius 2 is 1.89 bits per heavy atom. The van der Waals surface area contributed by atoms with E-state index in [9.17, 15) is 9.59 Å². The van der Waals surface area contributed by atoms with Gasteiger partial charge in [-0.3, -0.25) is 4.79 Å². The van der Waals surface area contributed by atoms with Crippen molar-refractivity contribution in [1.29, 1.82) is 0 Å². The van der Waals surface area contributed by atoms with Gasteiger partial charge in [0.05, 0.1) is 7.11 Å². The summed E-state index contributed by atoms with van der Waals surface area (Å²) in [5, 5.41) is 3.16. The van der Waals surface area contributed by atoms with Crippen LogP contribution in [0.1, 0.15) is 29.8 Å². The first-order valence-electron chi connectivity index (χ1n) is 6.01. The topological polar surface area (TPSA) is 55.4 Å². The number of nitrogens with one attached hydrogen (secondary N) is 1. The van der Waals surface area contributed by atoms with Gasteiger partial charge in [0.2, 0.25) is 0 Å². The standard InChI is InChI=1S/C14H18ClNO3/c1-8(2)12(14(18)19-4)16-13(17)10-5-9(3)6-11(15)7-10/h5-8,12H,1-4H3,(H,16,17). The third-order valence-electron chi connectivity index (χ3n) is 2.71. The molecule has 5 heteroatoms. The van der Waals surface area contributed by atoms with Gasteiger partial charge in [0.1, 0.15) is 6.04 Å². The number of hydrogen-bond acceptors (Lipinski definition) is 3. The fourth-order valence-electron chi connectivity index (χ4n) is 1.72. The Balaban J connectivity index is 2.90. The molecular formula is C14H18ClNO3. The molecule has 19 heavy (non-hydrogen) atoms. The van der Waals surface area contributed by atoms with Crippen LogP contribution in [0.3, 0.4) is 0 Å². The minimum atomic E-state index is -0.670. The maximum absolute atomic E-state index is 12.1. The normalized spacial score (nSPS) is 12.1. The second-order valence-electron chi connectivity index (χ2n) is 4.74. The molecule has 1 amide bonds. The van der Waals surface area contributed by atoms with E-state index in [0.29, 0.717) is 10.6 Å². The summed E-state index contributed by atoms with van der Waals surface area (Å²) < 4.78 is 4.68. The Morgan fingerprint density at radius 1 is 1.26 bits per heavy atom. The molecule has 0 fully saturated rings. The Bertz CT molecular complexity index is 465. The van der Waals surface area contributed by atoms with Crippen LogP contribution in [-0.2, 0) is 9.53 Å². The molecule has 104 valence electrons. The summed E-state index contributed by atoms with van der Waals surface area (Å²) in [4.78, 5) is 23.7. The van der Waals surface area contributed by atoms with Gasteiger partial charge in [0.15, 0.2) is 0 Å². The summed E-state index contributed by atoms with van der Waals surface area (Å²) in [5.41, 5.74) is 1.32. The minimum Gasteiger partial charge on any atom is -0.467 e. The maximum Gasteiger partial charge on any atom is 0.328 e. The van der Waals surface area contributed by atoms with Crippen molar-refractivity contribution in [3.8, 4) is 0 Å². The summed E-state index contributed by atoms with van der Waals surface area (Å²) in [6, 6.07) is 4.38. The maximum atomic E-state index is 12.1. The molecule has 4 nitrogen and oxygen atoms in total. The monoisotopic (exact) mass is 283 g/mol. The summed E-state index contributed by atoms with van der Waals surface area (Å²) >= 11 is 5.91. The third-order valence-corrected chi connectivity index (χ3v) is 2.93. The van der Waals surface area contributed by atoms with Gasteiger partial charge in [-0.1, -0.05) is 25.4 Å². The van der Waals surface area contributed by atoms with Gasteiger partial charge >= 0.3 is 5.97 Å². The molecule has 0 bridgehead atoms. The van der Waals surface area contributed by atoms with Crippen molar-refractivity contribution in [2.75, 3.05) is 7.11 Å². The molecule has 1 aromatic carbocycles. The molecule has 1 N–H and O–H groups in total. The van der Waals surface area contributed by atoms with Crippen molar-refractivity contribution in [2.24, 2.45) is 5.92 Å². The predicted octanol–water partition coefficient (Wildman–Crippen LogP) is 2.58. The highest BCUT2D eigenvalue weighted by molar-refractivity contribution is 6.31. The largest absolute Gasteiger partial charge is 0.467 e. The van der Waals surface area contributed by atoms with E-state index in [2.05, 4.69) is 10.1 Å². The van der Waals surface area contributed by atoms with E-state index in [1.165, 1.54) is 7.11 Å².